The van der Waals surface area contributed by atoms with Gasteiger partial charge in [0.1, 0.15) is 0 Å². The molecule has 0 aromatic rings. The number of hydrogen-bond acceptors (Lipinski definition) is 2. The van der Waals surface area contributed by atoms with Gasteiger partial charge in [-0.05, 0) is 6.42 Å². The highest BCUT2D eigenvalue weighted by atomic mass is 32.1. The van der Waals surface area contributed by atoms with Crippen molar-refractivity contribution in [3.8, 4) is 0 Å². The first-order valence-electron chi connectivity index (χ1n) is 2.17. The Balaban J connectivity index is 3.34. The highest BCUT2D eigenvalue weighted by molar-refractivity contribution is 7.96. The standard InChI is InChI=1S/C4H9NOS/c1-2-3(5)4(6)7/h3H,2,5H2,1H3,(H,6,7)/t3-/m0/s1. The Morgan fingerprint density at radius 1 is 2.00 bits per heavy atom. The van der Waals surface area contributed by atoms with E-state index in [0.29, 0.717) is 6.42 Å². The highest BCUT2D eigenvalue weighted by Gasteiger charge is 2.02. The summed E-state index contributed by atoms with van der Waals surface area (Å²) < 4.78 is 0. The Kier molecular flexibility index (Phi) is 3.04. The minimum absolute atomic E-state index is 0.234. The second-order valence-corrected chi connectivity index (χ2v) is 1.79. The number of carbonyl (C=O) groups is 1. The first kappa shape index (κ1) is 6.98. The van der Waals surface area contributed by atoms with Crippen molar-refractivity contribution in [2.75, 3.05) is 0 Å². The Morgan fingerprint density at radius 2 is 2.43 bits per heavy atom. The summed E-state index contributed by atoms with van der Waals surface area (Å²) in [4.78, 5) is 10.1. The maximum atomic E-state index is 10.1. The van der Waals surface area contributed by atoms with Crippen molar-refractivity contribution < 1.29 is 4.79 Å². The number of carbonyl (C=O) groups excluding carboxylic acids is 1. The van der Waals surface area contributed by atoms with Gasteiger partial charge < -0.3 is 5.73 Å². The van der Waals surface area contributed by atoms with Gasteiger partial charge in [0.05, 0.1) is 6.04 Å². The van der Waals surface area contributed by atoms with Crippen LogP contribution in [0, 0.1) is 0 Å². The summed E-state index contributed by atoms with van der Waals surface area (Å²) in [5, 5.41) is -0.234. The molecule has 0 aliphatic carbocycles. The topological polar surface area (TPSA) is 43.1 Å². The number of nitrogens with two attached hydrogens (primary N) is 1. The summed E-state index contributed by atoms with van der Waals surface area (Å²) in [5.41, 5.74) is 5.19. The molecule has 0 saturated heterocycles. The zero-order valence-corrected chi connectivity index (χ0v) is 5.11. The molecule has 0 radical (unpaired) electrons. The summed E-state index contributed by atoms with van der Waals surface area (Å²) in [6.45, 7) is 1.85. The van der Waals surface area contributed by atoms with Gasteiger partial charge in [-0.1, -0.05) is 6.92 Å². The average Bonchev–Trinajstić information content (AvgIpc) is 1.65. The molecule has 3 heteroatoms. The van der Waals surface area contributed by atoms with E-state index in [2.05, 4.69) is 12.6 Å². The van der Waals surface area contributed by atoms with Crippen LogP contribution in [0.25, 0.3) is 0 Å². The third-order valence-electron chi connectivity index (χ3n) is 0.757. The van der Waals surface area contributed by atoms with Gasteiger partial charge in [0.25, 0.3) is 0 Å². The molecule has 0 unspecified atom stereocenters. The first-order valence-corrected chi connectivity index (χ1v) is 2.61. The Labute approximate surface area is 48.5 Å². The molecule has 0 rings (SSSR count). The molecule has 7 heavy (non-hydrogen) atoms. The van der Waals surface area contributed by atoms with E-state index < -0.39 is 0 Å². The van der Waals surface area contributed by atoms with Crippen LogP contribution in [-0.2, 0) is 4.79 Å². The van der Waals surface area contributed by atoms with Gasteiger partial charge in [0.2, 0.25) is 5.12 Å². The quantitative estimate of drug-likeness (QED) is 0.509. The first-order chi connectivity index (χ1) is 3.18. The normalized spacial score (nSPS) is 13.6. The Morgan fingerprint density at radius 3 is 2.43 bits per heavy atom. The van der Waals surface area contributed by atoms with Crippen molar-refractivity contribution >= 4 is 17.7 Å². The van der Waals surface area contributed by atoms with Gasteiger partial charge in [-0.25, -0.2) is 0 Å². The van der Waals surface area contributed by atoms with E-state index in [9.17, 15) is 4.79 Å². The predicted molar refractivity (Wildman–Crippen MR) is 32.3 cm³/mol. The van der Waals surface area contributed by atoms with Crippen molar-refractivity contribution in [3.05, 3.63) is 0 Å². The predicted octanol–water partition coefficient (Wildman–Crippen LogP) is 0.180. The molecule has 2 N–H and O–H groups in total. The highest BCUT2D eigenvalue weighted by Crippen LogP contribution is 1.89. The molecule has 42 valence electrons. The van der Waals surface area contributed by atoms with Crippen molar-refractivity contribution in [3.63, 3.8) is 0 Å². The summed E-state index contributed by atoms with van der Waals surface area (Å²) >= 11 is 3.51. The van der Waals surface area contributed by atoms with Gasteiger partial charge in [0, 0.05) is 0 Å². The molecular weight excluding hydrogens is 110 g/mol. The van der Waals surface area contributed by atoms with E-state index in [4.69, 9.17) is 5.73 Å². The van der Waals surface area contributed by atoms with Gasteiger partial charge in [-0.15, -0.1) is 12.6 Å². The fourth-order valence-corrected chi connectivity index (χ4v) is 0.357. The molecule has 2 nitrogen and oxygen atoms in total. The van der Waals surface area contributed by atoms with E-state index in [1.165, 1.54) is 0 Å². The largest absolute Gasteiger partial charge is 0.321 e. The Hall–Kier alpha value is -0.0200. The van der Waals surface area contributed by atoms with E-state index in [-0.39, 0.29) is 11.2 Å². The van der Waals surface area contributed by atoms with Crippen LogP contribution in [0.2, 0.25) is 0 Å². The van der Waals surface area contributed by atoms with Gasteiger partial charge in [-0.3, -0.25) is 4.79 Å². The average molecular weight is 119 g/mol. The summed E-state index contributed by atoms with van der Waals surface area (Å²) in [7, 11) is 0. The van der Waals surface area contributed by atoms with Crippen LogP contribution >= 0.6 is 12.6 Å². The van der Waals surface area contributed by atoms with Gasteiger partial charge in [-0.2, -0.15) is 0 Å². The molecule has 0 heterocycles. The summed E-state index contributed by atoms with van der Waals surface area (Å²) in [6, 6.07) is -0.372. The number of hydrogen-bond donors (Lipinski definition) is 2. The van der Waals surface area contributed by atoms with E-state index in [1.54, 1.807) is 0 Å². The van der Waals surface area contributed by atoms with Crippen LogP contribution in [0.4, 0.5) is 0 Å². The lowest BCUT2D eigenvalue weighted by molar-refractivity contribution is -0.111. The smallest absolute Gasteiger partial charge is 0.202 e. The lowest BCUT2D eigenvalue weighted by Gasteiger charge is -1.98. The van der Waals surface area contributed by atoms with Crippen LogP contribution < -0.4 is 5.73 Å². The minimum Gasteiger partial charge on any atom is -0.321 e. The molecular formula is C4H9NOS. The van der Waals surface area contributed by atoms with Crippen molar-refractivity contribution in [1.82, 2.24) is 0 Å². The number of thiol groups is 1. The maximum absolute atomic E-state index is 10.1. The summed E-state index contributed by atoms with van der Waals surface area (Å²) in [6.07, 6.45) is 0.669. The molecule has 0 aromatic heterocycles. The SMILES string of the molecule is CC[C@H](N)C(=O)S. The fraction of sp³-hybridized carbons (Fsp3) is 0.750. The van der Waals surface area contributed by atoms with Crippen LogP contribution in [0.5, 0.6) is 0 Å². The monoisotopic (exact) mass is 119 g/mol. The fourth-order valence-electron chi connectivity index (χ4n) is 0.175. The second-order valence-electron chi connectivity index (χ2n) is 1.35. The van der Waals surface area contributed by atoms with E-state index in [1.807, 2.05) is 6.92 Å². The molecule has 0 fully saturated rings. The molecule has 0 amide bonds. The van der Waals surface area contributed by atoms with Crippen LogP contribution in [0.15, 0.2) is 0 Å². The molecule has 0 bridgehead atoms. The number of rotatable bonds is 2. The third-order valence-corrected chi connectivity index (χ3v) is 1.09. The molecule has 0 aromatic carbocycles. The lowest BCUT2D eigenvalue weighted by atomic mass is 10.3. The van der Waals surface area contributed by atoms with Gasteiger partial charge in [0.15, 0.2) is 0 Å². The Bertz CT molecular complexity index is 74.1. The van der Waals surface area contributed by atoms with Crippen molar-refractivity contribution in [1.29, 1.82) is 0 Å². The molecule has 0 saturated carbocycles. The van der Waals surface area contributed by atoms with Gasteiger partial charge >= 0.3 is 0 Å². The molecule has 1 atom stereocenters. The van der Waals surface area contributed by atoms with E-state index in [0.717, 1.165) is 0 Å². The van der Waals surface area contributed by atoms with Crippen LogP contribution in [-0.4, -0.2) is 11.2 Å². The third kappa shape index (κ3) is 2.65. The van der Waals surface area contributed by atoms with Crippen molar-refractivity contribution in [2.24, 2.45) is 5.73 Å². The summed E-state index contributed by atoms with van der Waals surface area (Å²) in [5.74, 6) is 0. The maximum Gasteiger partial charge on any atom is 0.202 e. The van der Waals surface area contributed by atoms with E-state index >= 15 is 0 Å². The minimum atomic E-state index is -0.372. The van der Waals surface area contributed by atoms with Crippen molar-refractivity contribution in [2.45, 2.75) is 19.4 Å². The zero-order chi connectivity index (χ0) is 5.86. The zero-order valence-electron chi connectivity index (χ0n) is 4.22. The molecule has 0 spiro atoms. The lowest BCUT2D eigenvalue weighted by Crippen LogP contribution is -2.25. The second kappa shape index (κ2) is 3.04. The van der Waals surface area contributed by atoms with Crippen LogP contribution in [0.3, 0.4) is 0 Å². The molecule has 0 aliphatic rings. The van der Waals surface area contributed by atoms with Crippen LogP contribution in [0.1, 0.15) is 13.3 Å². The molecule has 0 aliphatic heterocycles.